The van der Waals surface area contributed by atoms with E-state index in [0.717, 1.165) is 0 Å². The van der Waals surface area contributed by atoms with Crippen molar-refractivity contribution >= 4 is 59.5 Å². The topological polar surface area (TPSA) is 170 Å². The van der Waals surface area contributed by atoms with E-state index in [-0.39, 0.29) is 5.24 Å². The molecule has 0 aromatic heterocycles. The van der Waals surface area contributed by atoms with Crippen LogP contribution in [0.25, 0.3) is 0 Å². The molecule has 0 amide bonds. The third-order valence-corrected chi connectivity index (χ3v) is 8.02. The Kier molecular flexibility index (Phi) is 6.32. The Morgan fingerprint density at radius 3 is 2.29 bits per heavy atom. The minimum absolute atomic E-state index is 0.0884. The molecule has 0 saturated carbocycles. The van der Waals surface area contributed by atoms with Crippen molar-refractivity contribution in [3.8, 4) is 0 Å². The molecule has 6 atom stereocenters. The highest BCUT2D eigenvalue weighted by molar-refractivity contribution is 8.09. The Morgan fingerprint density at radius 2 is 1.71 bits per heavy atom. The van der Waals surface area contributed by atoms with Crippen LogP contribution in [0.4, 0.5) is 0 Å². The first-order valence-corrected chi connectivity index (χ1v) is 12.1. The van der Waals surface area contributed by atoms with E-state index in [4.69, 9.17) is 36.2 Å². The van der Waals surface area contributed by atoms with Crippen molar-refractivity contribution < 1.29 is 56.1 Å². The van der Waals surface area contributed by atoms with Gasteiger partial charge in [0.25, 0.3) is 0 Å². The van der Waals surface area contributed by atoms with Gasteiger partial charge >= 0.3 is 27.6 Å². The lowest BCUT2D eigenvalue weighted by Crippen LogP contribution is -2.31. The zero-order chi connectivity index (χ0) is 18.3. The van der Waals surface area contributed by atoms with Crippen molar-refractivity contribution in [2.75, 3.05) is 6.61 Å². The fourth-order valence-electron chi connectivity index (χ4n) is 2.07. The molecule has 2 saturated heterocycles. The molecule has 2 rings (SSSR count). The predicted molar refractivity (Wildman–Crippen MR) is 86.0 cm³/mol. The maximum Gasteiger partial charge on any atom is 0.479 e. The van der Waals surface area contributed by atoms with Gasteiger partial charge in [-0.25, -0.2) is 17.8 Å². The van der Waals surface area contributed by atoms with E-state index < -0.39 is 53.3 Å². The standard InChI is InChI=1S/C6H12BO12P3S2/c7-5-4-3(16-6(23)17-4)2(15-5)1-14-21(11,12)19-22(13,24)18-20(8,9)10/h2-5H,1,7H2,(H,11,12)(H,13,24)(H2,8,9,10). The SMILES string of the molecule is BC1OC(COP(=O)(O)OP(O)(=S)OP(=O)(O)O)C2OC(=S)OC12. The van der Waals surface area contributed by atoms with Crippen LogP contribution in [0.5, 0.6) is 0 Å². The van der Waals surface area contributed by atoms with Crippen LogP contribution in [0.3, 0.4) is 0 Å². The molecule has 2 fully saturated rings. The summed E-state index contributed by atoms with van der Waals surface area (Å²) in [4.78, 5) is 36.0. The lowest BCUT2D eigenvalue weighted by molar-refractivity contribution is -0.00339. The number of phosphoric ester groups is 1. The molecule has 12 nitrogen and oxygen atoms in total. The summed E-state index contributed by atoms with van der Waals surface area (Å²) >= 11 is 8.98. The molecule has 18 heteroatoms. The number of phosphoric acid groups is 2. The molecule has 0 aromatic rings. The molecule has 2 aliphatic rings. The minimum atomic E-state index is -5.24. The minimum Gasteiger partial charge on any atom is -0.448 e. The Hall–Kier alpha value is 0.545. The van der Waals surface area contributed by atoms with Gasteiger partial charge in [-0.1, -0.05) is 0 Å². The zero-order valence-electron chi connectivity index (χ0n) is 11.7. The van der Waals surface area contributed by atoms with Crippen LogP contribution in [0.1, 0.15) is 0 Å². The largest absolute Gasteiger partial charge is 0.479 e. The van der Waals surface area contributed by atoms with Gasteiger partial charge < -0.3 is 33.8 Å². The number of thiocarbonyl (C=S) groups is 1. The average molecular weight is 444 g/mol. The highest BCUT2D eigenvalue weighted by atomic mass is 32.5. The van der Waals surface area contributed by atoms with E-state index in [1.807, 2.05) is 0 Å². The third kappa shape index (κ3) is 5.78. The number of hydrogen-bond acceptors (Lipinski definition) is 10. The summed E-state index contributed by atoms with van der Waals surface area (Å²) in [6.07, 6.45) is -2.02. The first kappa shape index (κ1) is 20.9. The molecular formula is C6H12BO12P3S2. The van der Waals surface area contributed by atoms with Gasteiger partial charge in [-0.15, -0.1) is 0 Å². The second-order valence-electron chi connectivity index (χ2n) is 4.68. The Labute approximate surface area is 146 Å². The highest BCUT2D eigenvalue weighted by Gasteiger charge is 2.51. The van der Waals surface area contributed by atoms with Crippen LogP contribution in [0, 0.1) is 0 Å². The van der Waals surface area contributed by atoms with Gasteiger partial charge in [0.1, 0.15) is 14.0 Å². The normalized spacial score (nSPS) is 34.8. The number of fused-ring (bicyclic) bond motifs is 1. The molecular weight excluding hydrogens is 432 g/mol. The van der Waals surface area contributed by atoms with Crippen LogP contribution < -0.4 is 0 Å². The van der Waals surface area contributed by atoms with Crippen LogP contribution in [0.15, 0.2) is 0 Å². The molecule has 4 N–H and O–H groups in total. The maximum atomic E-state index is 11.7. The van der Waals surface area contributed by atoms with Gasteiger partial charge in [0.05, 0.1) is 12.6 Å². The quantitative estimate of drug-likeness (QED) is 0.211. The van der Waals surface area contributed by atoms with E-state index in [1.165, 1.54) is 0 Å². The predicted octanol–water partition coefficient (Wildman–Crippen LogP) is -1.13. The monoisotopic (exact) mass is 444 g/mol. The van der Waals surface area contributed by atoms with Crippen LogP contribution >= 0.6 is 34.6 Å². The first-order chi connectivity index (χ1) is 10.8. The summed E-state index contributed by atoms with van der Waals surface area (Å²) < 4.78 is 50.7. The van der Waals surface area contributed by atoms with Crippen molar-refractivity contribution in [1.29, 1.82) is 0 Å². The highest BCUT2D eigenvalue weighted by Crippen LogP contribution is 2.66. The molecule has 24 heavy (non-hydrogen) atoms. The Morgan fingerprint density at radius 1 is 1.12 bits per heavy atom. The smallest absolute Gasteiger partial charge is 0.448 e. The lowest BCUT2D eigenvalue weighted by Gasteiger charge is -2.21. The number of rotatable bonds is 7. The second-order valence-corrected chi connectivity index (χ2v) is 10.8. The maximum absolute atomic E-state index is 11.7. The fourth-order valence-corrected chi connectivity index (χ4v) is 6.86. The van der Waals surface area contributed by atoms with Crippen LogP contribution in [-0.2, 0) is 48.3 Å². The first-order valence-electron chi connectivity index (χ1n) is 6.09. The van der Waals surface area contributed by atoms with E-state index >= 15 is 0 Å². The Bertz CT molecular complexity index is 653. The van der Waals surface area contributed by atoms with Crippen molar-refractivity contribution in [2.24, 2.45) is 0 Å². The average Bonchev–Trinajstić information content (AvgIpc) is 2.82. The lowest BCUT2D eigenvalue weighted by atomic mass is 9.93. The molecule has 0 radical (unpaired) electrons. The summed E-state index contributed by atoms with van der Waals surface area (Å²) in [5.74, 6) is 0. The van der Waals surface area contributed by atoms with Crippen molar-refractivity contribution in [1.82, 2.24) is 0 Å². The summed E-state index contributed by atoms with van der Waals surface area (Å²) in [6, 6.07) is -0.426. The number of ether oxygens (including phenoxy) is 3. The van der Waals surface area contributed by atoms with Gasteiger partial charge in [-0.05, 0) is 11.8 Å². The van der Waals surface area contributed by atoms with E-state index in [0.29, 0.717) is 0 Å². The van der Waals surface area contributed by atoms with Gasteiger partial charge in [-0.3, -0.25) is 4.52 Å². The molecule has 0 aliphatic carbocycles. The molecule has 2 heterocycles. The van der Waals surface area contributed by atoms with Crippen LogP contribution in [-0.4, -0.2) is 63.6 Å². The molecule has 0 bridgehead atoms. The van der Waals surface area contributed by atoms with Gasteiger partial charge in [-0.2, -0.15) is 0 Å². The molecule has 2 aliphatic heterocycles. The summed E-state index contributed by atoms with van der Waals surface area (Å²) in [7, 11) is -8.57. The molecule has 138 valence electrons. The van der Waals surface area contributed by atoms with Crippen molar-refractivity contribution in [2.45, 2.75) is 24.3 Å². The summed E-state index contributed by atoms with van der Waals surface area (Å²) in [5.41, 5.74) is 0. The van der Waals surface area contributed by atoms with Crippen LogP contribution in [0.2, 0.25) is 0 Å². The molecule has 0 spiro atoms. The summed E-state index contributed by atoms with van der Waals surface area (Å²) in [5, 5.41) is -0.0884. The molecule has 0 aromatic carbocycles. The van der Waals surface area contributed by atoms with Gasteiger partial charge in [0.15, 0.2) is 12.2 Å². The number of hydrogen-bond donors (Lipinski definition) is 4. The van der Waals surface area contributed by atoms with Crippen molar-refractivity contribution in [3.05, 3.63) is 0 Å². The zero-order valence-corrected chi connectivity index (χ0v) is 16.0. The van der Waals surface area contributed by atoms with Gasteiger partial charge in [0.2, 0.25) is 0 Å². The van der Waals surface area contributed by atoms with E-state index in [9.17, 15) is 18.9 Å². The molecule has 6 unspecified atom stereocenters. The van der Waals surface area contributed by atoms with E-state index in [2.05, 4.69) is 25.0 Å². The second kappa shape index (κ2) is 7.28. The third-order valence-electron chi connectivity index (χ3n) is 2.82. The fraction of sp³-hybridized carbons (Fsp3) is 0.833. The Balaban J connectivity index is 1.93. The van der Waals surface area contributed by atoms with E-state index in [1.54, 1.807) is 7.85 Å². The summed E-state index contributed by atoms with van der Waals surface area (Å²) in [6.45, 7) is -5.26. The van der Waals surface area contributed by atoms with Crippen molar-refractivity contribution in [3.63, 3.8) is 0 Å². The van der Waals surface area contributed by atoms with Gasteiger partial charge in [0, 0.05) is 12.2 Å².